The number of hydrogen-bond donors (Lipinski definition) is 2. The van der Waals surface area contributed by atoms with Crippen LogP contribution in [0.3, 0.4) is 0 Å². The van der Waals surface area contributed by atoms with Gasteiger partial charge in [-0.2, -0.15) is 5.26 Å². The van der Waals surface area contributed by atoms with Gasteiger partial charge in [-0.3, -0.25) is 4.79 Å². The summed E-state index contributed by atoms with van der Waals surface area (Å²) in [5, 5.41) is 11.5. The fourth-order valence-corrected chi connectivity index (χ4v) is 2.08. The van der Waals surface area contributed by atoms with Gasteiger partial charge in [-0.25, -0.2) is 4.79 Å². The third-order valence-electron chi connectivity index (χ3n) is 3.11. The molecule has 6 nitrogen and oxygen atoms in total. The number of esters is 1. The Hall–Kier alpha value is -3.07. The molecule has 1 atom stereocenters. The van der Waals surface area contributed by atoms with Gasteiger partial charge in [0.05, 0.1) is 5.56 Å². The van der Waals surface area contributed by atoms with Crippen LogP contribution >= 0.6 is 0 Å². The average molecular weight is 325 g/mol. The highest BCUT2D eigenvalue weighted by molar-refractivity contribution is 5.96. The average Bonchev–Trinajstić information content (AvgIpc) is 3.00. The van der Waals surface area contributed by atoms with Crippen LogP contribution < -0.4 is 5.32 Å². The lowest BCUT2D eigenvalue weighted by Crippen LogP contribution is -2.38. The molecule has 0 radical (unpaired) electrons. The van der Waals surface area contributed by atoms with Crippen LogP contribution in [0.15, 0.2) is 42.6 Å². The molecule has 0 aliphatic carbocycles. The molecule has 1 aromatic carbocycles. The summed E-state index contributed by atoms with van der Waals surface area (Å²) < 4.78 is 5.40. The summed E-state index contributed by atoms with van der Waals surface area (Å²) in [6.07, 6.45) is 1.43. The lowest BCUT2D eigenvalue weighted by molar-refractivity contribution is -0.157. The maximum absolute atomic E-state index is 12.5. The fraction of sp³-hybridized carbons (Fsp3) is 0.278. The minimum atomic E-state index is -0.938. The van der Waals surface area contributed by atoms with E-state index in [9.17, 15) is 9.59 Å². The van der Waals surface area contributed by atoms with Crippen LogP contribution in [0.1, 0.15) is 48.4 Å². The van der Waals surface area contributed by atoms with E-state index in [2.05, 4.69) is 10.3 Å². The van der Waals surface area contributed by atoms with E-state index in [0.29, 0.717) is 11.1 Å². The number of aromatic amines is 1. The van der Waals surface area contributed by atoms with Gasteiger partial charge in [-0.1, -0.05) is 30.3 Å². The lowest BCUT2D eigenvalue weighted by Gasteiger charge is -2.24. The minimum absolute atomic E-state index is 0.205. The van der Waals surface area contributed by atoms with Gasteiger partial charge in [0.25, 0.3) is 5.91 Å². The molecule has 24 heavy (non-hydrogen) atoms. The van der Waals surface area contributed by atoms with E-state index in [1.807, 2.05) is 12.1 Å². The summed E-state index contributed by atoms with van der Waals surface area (Å²) >= 11 is 0. The largest absolute Gasteiger partial charge is 0.458 e. The van der Waals surface area contributed by atoms with Gasteiger partial charge in [0.15, 0.2) is 6.04 Å². The van der Waals surface area contributed by atoms with Gasteiger partial charge in [-0.15, -0.1) is 0 Å². The summed E-state index contributed by atoms with van der Waals surface area (Å²) in [6, 6.07) is 11.3. The standard InChI is InChI=1S/C18H19N3O3/c1-18(2,3)24-17(23)15(13-7-5-4-6-8-13)21-16(22)14-9-12(10-19)11-20-14/h4-9,11,15,20H,1-3H3,(H,21,22)/t15-/m0/s1. The first-order chi connectivity index (χ1) is 11.3. The smallest absolute Gasteiger partial charge is 0.333 e. The first-order valence-electron chi connectivity index (χ1n) is 7.47. The normalized spacial score (nSPS) is 12.1. The third kappa shape index (κ3) is 4.46. The molecule has 1 aromatic heterocycles. The van der Waals surface area contributed by atoms with Gasteiger partial charge < -0.3 is 15.0 Å². The minimum Gasteiger partial charge on any atom is -0.458 e. The van der Waals surface area contributed by atoms with Crippen LogP contribution in [0.2, 0.25) is 0 Å². The van der Waals surface area contributed by atoms with Crippen molar-refractivity contribution in [2.24, 2.45) is 0 Å². The molecule has 0 bridgehead atoms. The second-order valence-corrected chi connectivity index (χ2v) is 6.26. The molecule has 0 saturated heterocycles. The zero-order valence-corrected chi connectivity index (χ0v) is 13.8. The van der Waals surface area contributed by atoms with Crippen molar-refractivity contribution in [3.63, 3.8) is 0 Å². The number of H-pyrrole nitrogens is 1. The number of carbonyl (C=O) groups is 2. The summed E-state index contributed by atoms with van der Waals surface area (Å²) in [5.41, 5.74) is 0.492. The number of nitriles is 1. The molecule has 0 aliphatic rings. The summed E-state index contributed by atoms with van der Waals surface area (Å²) in [5.74, 6) is -1.04. The Balaban J connectivity index is 2.24. The Bertz CT molecular complexity index is 767. The molecule has 0 aliphatic heterocycles. The Kier molecular flexibility index (Phi) is 5.05. The Morgan fingerprint density at radius 3 is 2.46 bits per heavy atom. The summed E-state index contributed by atoms with van der Waals surface area (Å²) in [6.45, 7) is 5.29. The zero-order valence-electron chi connectivity index (χ0n) is 13.8. The van der Waals surface area contributed by atoms with Crippen molar-refractivity contribution in [3.05, 3.63) is 59.4 Å². The van der Waals surface area contributed by atoms with Crippen molar-refractivity contribution >= 4 is 11.9 Å². The monoisotopic (exact) mass is 325 g/mol. The molecule has 0 saturated carbocycles. The van der Waals surface area contributed by atoms with Crippen LogP contribution in [0.5, 0.6) is 0 Å². The maximum atomic E-state index is 12.5. The van der Waals surface area contributed by atoms with Crippen LogP contribution in [0.4, 0.5) is 0 Å². The number of ether oxygens (including phenoxy) is 1. The zero-order chi connectivity index (χ0) is 17.7. The van der Waals surface area contributed by atoms with Crippen LogP contribution in [-0.2, 0) is 9.53 Å². The summed E-state index contributed by atoms with van der Waals surface area (Å²) in [7, 11) is 0. The number of hydrogen-bond acceptors (Lipinski definition) is 4. The first-order valence-corrected chi connectivity index (χ1v) is 7.47. The van der Waals surface area contributed by atoms with Gasteiger partial charge in [0, 0.05) is 6.20 Å². The SMILES string of the molecule is CC(C)(C)OC(=O)[C@@H](NC(=O)c1cc(C#N)c[nH]1)c1ccccc1. The lowest BCUT2D eigenvalue weighted by atomic mass is 10.1. The number of rotatable bonds is 4. The Labute approximate surface area is 140 Å². The van der Waals surface area contributed by atoms with Gasteiger partial charge in [-0.05, 0) is 32.4 Å². The highest BCUT2D eigenvalue weighted by Gasteiger charge is 2.28. The van der Waals surface area contributed by atoms with Crippen molar-refractivity contribution in [2.75, 3.05) is 0 Å². The first kappa shape index (κ1) is 17.3. The number of nitrogens with one attached hydrogen (secondary N) is 2. The molecule has 2 aromatic rings. The van der Waals surface area contributed by atoms with E-state index in [4.69, 9.17) is 10.00 Å². The van der Waals surface area contributed by atoms with E-state index in [1.54, 1.807) is 45.0 Å². The second-order valence-electron chi connectivity index (χ2n) is 6.26. The Morgan fingerprint density at radius 1 is 1.25 bits per heavy atom. The van der Waals surface area contributed by atoms with E-state index in [0.717, 1.165) is 0 Å². The van der Waals surface area contributed by atoms with Crippen molar-refractivity contribution in [1.29, 1.82) is 5.26 Å². The van der Waals surface area contributed by atoms with Gasteiger partial charge >= 0.3 is 5.97 Å². The predicted molar refractivity (Wildman–Crippen MR) is 88.0 cm³/mol. The number of amides is 1. The quantitative estimate of drug-likeness (QED) is 0.845. The summed E-state index contributed by atoms with van der Waals surface area (Å²) in [4.78, 5) is 27.6. The third-order valence-corrected chi connectivity index (χ3v) is 3.11. The van der Waals surface area contributed by atoms with Gasteiger partial charge in [0.1, 0.15) is 17.4 Å². The van der Waals surface area contributed by atoms with Gasteiger partial charge in [0.2, 0.25) is 0 Å². The molecule has 124 valence electrons. The molecule has 0 spiro atoms. The van der Waals surface area contributed by atoms with Crippen molar-refractivity contribution < 1.29 is 14.3 Å². The highest BCUT2D eigenvalue weighted by atomic mass is 16.6. The van der Waals surface area contributed by atoms with E-state index in [1.165, 1.54) is 12.3 Å². The van der Waals surface area contributed by atoms with Crippen LogP contribution in [0, 0.1) is 11.3 Å². The van der Waals surface area contributed by atoms with Crippen LogP contribution in [-0.4, -0.2) is 22.5 Å². The molecule has 2 N–H and O–H groups in total. The molecule has 6 heteroatoms. The number of carbonyl (C=O) groups excluding carboxylic acids is 2. The predicted octanol–water partition coefficient (Wildman–Crippen LogP) is 2.70. The topological polar surface area (TPSA) is 95.0 Å². The fourth-order valence-electron chi connectivity index (χ4n) is 2.08. The second kappa shape index (κ2) is 7.01. The van der Waals surface area contributed by atoms with E-state index in [-0.39, 0.29) is 5.69 Å². The molecule has 0 unspecified atom stereocenters. The maximum Gasteiger partial charge on any atom is 0.333 e. The molecular weight excluding hydrogens is 306 g/mol. The molecular formula is C18H19N3O3. The molecule has 0 fully saturated rings. The molecule has 1 amide bonds. The van der Waals surface area contributed by atoms with E-state index < -0.39 is 23.5 Å². The van der Waals surface area contributed by atoms with Crippen molar-refractivity contribution in [2.45, 2.75) is 32.4 Å². The van der Waals surface area contributed by atoms with Crippen molar-refractivity contribution in [3.8, 4) is 6.07 Å². The van der Waals surface area contributed by atoms with Crippen molar-refractivity contribution in [1.82, 2.24) is 10.3 Å². The number of nitrogens with zero attached hydrogens (tertiary/aromatic N) is 1. The van der Waals surface area contributed by atoms with Crippen LogP contribution in [0.25, 0.3) is 0 Å². The van der Waals surface area contributed by atoms with E-state index >= 15 is 0 Å². The number of aromatic nitrogens is 1. The number of benzene rings is 1. The molecule has 2 rings (SSSR count). The highest BCUT2D eigenvalue weighted by Crippen LogP contribution is 2.19. The Morgan fingerprint density at radius 2 is 1.92 bits per heavy atom. The molecule has 1 heterocycles.